The van der Waals surface area contributed by atoms with Crippen LogP contribution >= 0.6 is 7.60 Å². The predicted octanol–water partition coefficient (Wildman–Crippen LogP) is 1.29. The molecule has 0 aromatic rings. The van der Waals surface area contributed by atoms with Crippen LogP contribution in [0.5, 0.6) is 0 Å². The van der Waals surface area contributed by atoms with E-state index in [0.717, 1.165) is 0 Å². The van der Waals surface area contributed by atoms with Gasteiger partial charge in [-0.3, -0.25) is 14.2 Å². The highest BCUT2D eigenvalue weighted by atomic mass is 31.2. The Hall–Kier alpha value is -0.910. The van der Waals surface area contributed by atoms with Crippen LogP contribution in [-0.2, 0) is 14.2 Å². The van der Waals surface area contributed by atoms with Gasteiger partial charge in [-0.2, -0.15) is 0 Å². The van der Waals surface area contributed by atoms with Gasteiger partial charge in [0.15, 0.2) is 5.16 Å². The fraction of sp³-hybridized carbons (Fsp3) is 0.800. The van der Waals surface area contributed by atoms with E-state index in [9.17, 15) is 29.0 Å². The number of carbonyl (C=O) groups is 2. The molecule has 18 heavy (non-hydrogen) atoms. The topological polar surface area (TPSA) is 132 Å². The Kier molecular flexibility index (Phi) is 5.99. The Balaban J connectivity index is 5.89. The molecule has 0 bridgehead atoms. The molecule has 0 aliphatic rings. The van der Waals surface area contributed by atoms with E-state index in [1.54, 1.807) is 13.8 Å². The Morgan fingerprint density at radius 1 is 1.17 bits per heavy atom. The quantitative estimate of drug-likeness (QED) is 0.493. The maximum absolute atomic E-state index is 11.6. The average Bonchev–Trinajstić information content (AvgIpc) is 2.20. The Morgan fingerprint density at radius 3 is 1.89 bits per heavy atom. The molecule has 0 aromatic carbocycles. The fourth-order valence-corrected chi connectivity index (χ4v) is 3.55. The summed E-state index contributed by atoms with van der Waals surface area (Å²) in [6.45, 7) is 3.19. The van der Waals surface area contributed by atoms with Gasteiger partial charge in [-0.05, 0) is 12.8 Å². The second-order valence-corrected chi connectivity index (χ2v) is 6.09. The van der Waals surface area contributed by atoms with Crippen molar-refractivity contribution in [2.24, 2.45) is 5.92 Å². The van der Waals surface area contributed by atoms with Crippen LogP contribution in [0.1, 0.15) is 39.5 Å². The summed E-state index contributed by atoms with van der Waals surface area (Å²) in [7, 11) is -5.10. The van der Waals surface area contributed by atoms with E-state index < -0.39 is 30.6 Å². The molecule has 0 saturated heterocycles. The highest BCUT2D eigenvalue weighted by Gasteiger charge is 2.60. The highest BCUT2D eigenvalue weighted by Crippen LogP contribution is 2.58. The molecule has 0 saturated carbocycles. The number of rotatable bonds is 8. The van der Waals surface area contributed by atoms with Crippen LogP contribution in [0.15, 0.2) is 0 Å². The molecule has 0 aliphatic carbocycles. The average molecular weight is 282 g/mol. The van der Waals surface area contributed by atoms with Gasteiger partial charge in [0.2, 0.25) is 0 Å². The first-order valence-electron chi connectivity index (χ1n) is 5.67. The third-order valence-corrected chi connectivity index (χ3v) is 4.74. The summed E-state index contributed by atoms with van der Waals surface area (Å²) in [5.41, 5.74) is 0. The molecule has 7 nitrogen and oxygen atoms in total. The lowest BCUT2D eigenvalue weighted by Crippen LogP contribution is -2.49. The third-order valence-electron chi connectivity index (χ3n) is 2.97. The lowest BCUT2D eigenvalue weighted by Gasteiger charge is -2.34. The second kappa shape index (κ2) is 6.31. The number of hydrogen-bond acceptors (Lipinski definition) is 3. The maximum atomic E-state index is 11.6. The van der Waals surface area contributed by atoms with Crippen LogP contribution in [0.2, 0.25) is 0 Å². The van der Waals surface area contributed by atoms with Gasteiger partial charge in [0.25, 0.3) is 0 Å². The van der Waals surface area contributed by atoms with E-state index in [-0.39, 0.29) is 19.3 Å². The minimum atomic E-state index is -5.10. The zero-order valence-corrected chi connectivity index (χ0v) is 11.3. The molecule has 0 radical (unpaired) electrons. The van der Waals surface area contributed by atoms with E-state index in [2.05, 4.69) is 0 Å². The number of carboxylic acids is 2. The molecular formula is C10H19O7P. The maximum Gasteiger partial charge on any atom is 0.343 e. The molecule has 0 rings (SSSR count). The van der Waals surface area contributed by atoms with Crippen LogP contribution in [0.3, 0.4) is 0 Å². The Morgan fingerprint density at radius 2 is 1.67 bits per heavy atom. The molecule has 0 heterocycles. The van der Waals surface area contributed by atoms with Crippen molar-refractivity contribution in [1.82, 2.24) is 0 Å². The van der Waals surface area contributed by atoms with E-state index in [1.807, 2.05) is 0 Å². The first-order chi connectivity index (χ1) is 8.15. The first-order valence-corrected chi connectivity index (χ1v) is 7.28. The van der Waals surface area contributed by atoms with E-state index in [4.69, 9.17) is 5.11 Å². The van der Waals surface area contributed by atoms with Crippen LogP contribution in [0.4, 0.5) is 0 Å². The van der Waals surface area contributed by atoms with Crippen molar-refractivity contribution in [3.63, 3.8) is 0 Å². The highest BCUT2D eigenvalue weighted by molar-refractivity contribution is 7.54. The van der Waals surface area contributed by atoms with Crippen molar-refractivity contribution in [2.75, 3.05) is 0 Å². The summed E-state index contributed by atoms with van der Waals surface area (Å²) in [6, 6.07) is 0. The van der Waals surface area contributed by atoms with Crippen LogP contribution in [0, 0.1) is 5.92 Å². The summed E-state index contributed by atoms with van der Waals surface area (Å²) in [6.07, 6.45) is 0.0386. The summed E-state index contributed by atoms with van der Waals surface area (Å²) in [5.74, 6) is -4.84. The third kappa shape index (κ3) is 3.10. The number of aliphatic carboxylic acids is 2. The van der Waals surface area contributed by atoms with Gasteiger partial charge in [-0.15, -0.1) is 0 Å². The van der Waals surface area contributed by atoms with Gasteiger partial charge in [0.05, 0.1) is 5.92 Å². The molecule has 2 unspecified atom stereocenters. The number of carboxylic acid groups (broad SMARTS) is 2. The van der Waals surface area contributed by atoms with Gasteiger partial charge in [-0.25, -0.2) is 0 Å². The predicted molar refractivity (Wildman–Crippen MR) is 63.4 cm³/mol. The molecule has 0 amide bonds. The first kappa shape index (κ1) is 17.1. The summed E-state index contributed by atoms with van der Waals surface area (Å²) in [5, 5.41) is 15.7. The normalized spacial score (nSPS) is 16.9. The van der Waals surface area contributed by atoms with Crippen LogP contribution in [0.25, 0.3) is 0 Å². The van der Waals surface area contributed by atoms with Gasteiger partial charge in [0, 0.05) is 0 Å². The summed E-state index contributed by atoms with van der Waals surface area (Å²) in [4.78, 5) is 41.2. The molecular weight excluding hydrogens is 263 g/mol. The van der Waals surface area contributed by atoms with E-state index >= 15 is 0 Å². The zero-order valence-electron chi connectivity index (χ0n) is 10.4. The SMILES string of the molecule is CCCC(C(=O)O)C(CCC)(C(=O)O)P(=O)(O)O. The van der Waals surface area contributed by atoms with Gasteiger partial charge in [0.1, 0.15) is 0 Å². The largest absolute Gasteiger partial charge is 0.481 e. The van der Waals surface area contributed by atoms with Crippen molar-refractivity contribution < 1.29 is 34.2 Å². The molecule has 0 aromatic heterocycles. The molecule has 4 N–H and O–H groups in total. The minimum Gasteiger partial charge on any atom is -0.481 e. The standard InChI is InChI=1S/C10H19O7P/c1-3-5-7(8(11)12)10(6-4-2,9(13)14)18(15,16)17/h7H,3-6H2,1-2H3,(H,11,12)(H,13,14)(H2,15,16,17). The second-order valence-electron chi connectivity index (χ2n) is 4.20. The lowest BCUT2D eigenvalue weighted by molar-refractivity contribution is -0.153. The monoisotopic (exact) mass is 282 g/mol. The van der Waals surface area contributed by atoms with Crippen molar-refractivity contribution >= 4 is 19.5 Å². The Labute approximate surface area is 105 Å². The van der Waals surface area contributed by atoms with E-state index in [1.165, 1.54) is 0 Å². The summed E-state index contributed by atoms with van der Waals surface area (Å²) >= 11 is 0. The van der Waals surface area contributed by atoms with Crippen molar-refractivity contribution in [1.29, 1.82) is 0 Å². The molecule has 0 spiro atoms. The van der Waals surface area contributed by atoms with Gasteiger partial charge in [-0.1, -0.05) is 26.7 Å². The van der Waals surface area contributed by atoms with E-state index in [0.29, 0.717) is 6.42 Å². The molecule has 2 atom stereocenters. The fourth-order valence-electron chi connectivity index (χ4n) is 2.14. The molecule has 8 heteroatoms. The number of hydrogen-bond donors (Lipinski definition) is 4. The van der Waals surface area contributed by atoms with Gasteiger partial charge < -0.3 is 20.0 Å². The molecule has 106 valence electrons. The Bertz CT molecular complexity index is 361. The van der Waals surface area contributed by atoms with Crippen molar-refractivity contribution in [2.45, 2.75) is 44.7 Å². The summed E-state index contributed by atoms with van der Waals surface area (Å²) < 4.78 is 11.6. The zero-order chi connectivity index (χ0) is 14.6. The van der Waals surface area contributed by atoms with Crippen molar-refractivity contribution in [3.8, 4) is 0 Å². The van der Waals surface area contributed by atoms with Crippen molar-refractivity contribution in [3.05, 3.63) is 0 Å². The van der Waals surface area contributed by atoms with Gasteiger partial charge >= 0.3 is 19.5 Å². The lowest BCUT2D eigenvalue weighted by atomic mass is 9.84. The molecule has 0 aliphatic heterocycles. The molecule has 0 fully saturated rings. The minimum absolute atomic E-state index is 0.0905. The van der Waals surface area contributed by atoms with Crippen LogP contribution in [-0.4, -0.2) is 37.1 Å². The van der Waals surface area contributed by atoms with Crippen LogP contribution < -0.4 is 0 Å². The smallest absolute Gasteiger partial charge is 0.343 e.